The largest absolute Gasteiger partial charge is 0.478 e. The first kappa shape index (κ1) is 15.8. The fourth-order valence-corrected chi connectivity index (χ4v) is 3.25. The number of aliphatic carboxylic acids is 1. The van der Waals surface area contributed by atoms with Crippen LogP contribution in [0.2, 0.25) is 0 Å². The van der Waals surface area contributed by atoms with Crippen molar-refractivity contribution in [2.75, 3.05) is 38.5 Å². The number of nitrogens with zero attached hydrogens (tertiary/aromatic N) is 2. The molecule has 2 aliphatic rings. The van der Waals surface area contributed by atoms with Gasteiger partial charge in [-0.15, -0.1) is 0 Å². The molecule has 0 bridgehead atoms. The molecule has 2 atom stereocenters. The molecule has 7 nitrogen and oxygen atoms in total. The Kier molecular flexibility index (Phi) is 4.23. The molecule has 2 fully saturated rings. The maximum atomic E-state index is 12.3. The summed E-state index contributed by atoms with van der Waals surface area (Å²) in [6.45, 7) is 2.84. The zero-order valence-electron chi connectivity index (χ0n) is 13.2. The van der Waals surface area contributed by atoms with Crippen LogP contribution in [0.4, 0.5) is 5.69 Å². The summed E-state index contributed by atoms with van der Waals surface area (Å²) >= 11 is 0. The van der Waals surface area contributed by atoms with Crippen LogP contribution in [0, 0.1) is 0 Å². The lowest BCUT2D eigenvalue weighted by molar-refractivity contribution is -0.156. The van der Waals surface area contributed by atoms with Gasteiger partial charge in [0.25, 0.3) is 0 Å². The Bertz CT molecular complexity index is 586. The fourth-order valence-electron chi connectivity index (χ4n) is 3.25. The second-order valence-corrected chi connectivity index (χ2v) is 6.21. The summed E-state index contributed by atoms with van der Waals surface area (Å²) in [6.07, 6.45) is 0.208. The number of benzene rings is 1. The third-order valence-electron chi connectivity index (χ3n) is 4.66. The molecule has 0 radical (unpaired) electrons. The van der Waals surface area contributed by atoms with Crippen LogP contribution >= 0.6 is 0 Å². The Morgan fingerprint density at radius 1 is 1.26 bits per heavy atom. The van der Waals surface area contributed by atoms with E-state index < -0.39 is 17.7 Å². The normalized spacial score (nSPS) is 29.3. The number of hydrogen-bond donors (Lipinski definition) is 3. The molecular weight excluding hydrogens is 296 g/mol. The van der Waals surface area contributed by atoms with Crippen molar-refractivity contribution in [3.8, 4) is 0 Å². The molecular formula is C16H22N4O3. The van der Waals surface area contributed by atoms with Crippen LogP contribution in [0.25, 0.3) is 0 Å². The highest BCUT2D eigenvalue weighted by atomic mass is 16.4. The molecule has 1 aromatic carbocycles. The first-order chi connectivity index (χ1) is 11.0. The minimum absolute atomic E-state index is 0.208. The van der Waals surface area contributed by atoms with Crippen molar-refractivity contribution >= 4 is 17.6 Å². The zero-order chi connectivity index (χ0) is 16.4. The van der Waals surface area contributed by atoms with E-state index in [9.17, 15) is 14.7 Å². The Morgan fingerprint density at radius 3 is 2.52 bits per heavy atom. The van der Waals surface area contributed by atoms with E-state index >= 15 is 0 Å². The number of hydrogen-bond acceptors (Lipinski definition) is 5. The van der Waals surface area contributed by atoms with Gasteiger partial charge >= 0.3 is 5.97 Å². The summed E-state index contributed by atoms with van der Waals surface area (Å²) in [5.74, 6) is -1.26. The minimum atomic E-state index is -1.31. The van der Waals surface area contributed by atoms with E-state index in [0.717, 1.165) is 18.8 Å². The van der Waals surface area contributed by atoms with Gasteiger partial charge in [-0.1, -0.05) is 18.2 Å². The highest BCUT2D eigenvalue weighted by Crippen LogP contribution is 2.28. The van der Waals surface area contributed by atoms with Crippen LogP contribution in [0.5, 0.6) is 0 Å². The monoisotopic (exact) mass is 318 g/mol. The van der Waals surface area contributed by atoms with Crippen molar-refractivity contribution in [3.63, 3.8) is 0 Å². The predicted octanol–water partition coefficient (Wildman–Crippen LogP) is 0.0153. The van der Waals surface area contributed by atoms with Crippen LogP contribution in [0.3, 0.4) is 0 Å². The van der Waals surface area contributed by atoms with Gasteiger partial charge in [-0.05, 0) is 19.2 Å². The van der Waals surface area contributed by atoms with E-state index in [1.54, 1.807) is 0 Å². The van der Waals surface area contributed by atoms with Crippen molar-refractivity contribution in [1.29, 1.82) is 0 Å². The van der Waals surface area contributed by atoms with Gasteiger partial charge in [-0.3, -0.25) is 9.69 Å². The molecule has 2 heterocycles. The van der Waals surface area contributed by atoms with E-state index in [2.05, 4.69) is 15.5 Å². The molecule has 0 saturated carbocycles. The molecule has 7 heteroatoms. The van der Waals surface area contributed by atoms with E-state index in [1.807, 2.05) is 42.3 Å². The fraction of sp³-hybridized carbons (Fsp3) is 0.500. The summed E-state index contributed by atoms with van der Waals surface area (Å²) in [6, 6.07) is 8.83. The van der Waals surface area contributed by atoms with Gasteiger partial charge in [-0.25, -0.2) is 4.79 Å². The maximum absolute atomic E-state index is 12.3. The number of likely N-dealkylation sites (N-methyl/N-ethyl adjacent to an activating group) is 1. The van der Waals surface area contributed by atoms with Crippen molar-refractivity contribution in [1.82, 2.24) is 15.1 Å². The van der Waals surface area contributed by atoms with Crippen molar-refractivity contribution < 1.29 is 14.7 Å². The first-order valence-electron chi connectivity index (χ1n) is 7.82. The molecule has 23 heavy (non-hydrogen) atoms. The van der Waals surface area contributed by atoms with E-state index in [4.69, 9.17) is 0 Å². The van der Waals surface area contributed by atoms with Crippen LogP contribution < -0.4 is 10.6 Å². The average Bonchev–Trinajstić information content (AvgIpc) is 2.87. The summed E-state index contributed by atoms with van der Waals surface area (Å²) in [4.78, 5) is 28.3. The third kappa shape index (κ3) is 3.02. The molecule has 1 unspecified atom stereocenters. The van der Waals surface area contributed by atoms with Crippen LogP contribution in [-0.4, -0.2) is 71.7 Å². The van der Waals surface area contributed by atoms with Gasteiger partial charge in [0.2, 0.25) is 5.91 Å². The Morgan fingerprint density at radius 2 is 1.91 bits per heavy atom. The highest BCUT2D eigenvalue weighted by Gasteiger charge is 2.54. The lowest BCUT2D eigenvalue weighted by Crippen LogP contribution is -2.65. The van der Waals surface area contributed by atoms with Crippen LogP contribution in [-0.2, 0) is 9.59 Å². The molecule has 0 aliphatic carbocycles. The number of nitrogens with one attached hydrogen (secondary N) is 2. The zero-order valence-corrected chi connectivity index (χ0v) is 13.2. The lowest BCUT2D eigenvalue weighted by Gasteiger charge is -2.42. The third-order valence-corrected chi connectivity index (χ3v) is 4.66. The van der Waals surface area contributed by atoms with Gasteiger partial charge in [0, 0.05) is 38.3 Å². The van der Waals surface area contributed by atoms with Gasteiger partial charge in [0.1, 0.15) is 6.04 Å². The molecule has 3 rings (SSSR count). The summed E-state index contributed by atoms with van der Waals surface area (Å²) in [5, 5.41) is 15.6. The molecule has 3 N–H and O–H groups in total. The Labute approximate surface area is 135 Å². The number of carbonyl (C=O) groups excluding carboxylic acids is 1. The molecule has 0 aromatic heterocycles. The Hall–Kier alpha value is -2.12. The smallest absolute Gasteiger partial charge is 0.345 e. The van der Waals surface area contributed by atoms with Gasteiger partial charge in [0.15, 0.2) is 5.66 Å². The number of carboxylic acid groups (broad SMARTS) is 1. The van der Waals surface area contributed by atoms with E-state index in [-0.39, 0.29) is 12.3 Å². The first-order valence-corrected chi connectivity index (χ1v) is 7.82. The van der Waals surface area contributed by atoms with Gasteiger partial charge in [-0.2, -0.15) is 0 Å². The lowest BCUT2D eigenvalue weighted by atomic mass is 10.0. The number of anilines is 1. The maximum Gasteiger partial charge on any atom is 0.345 e. The SMILES string of the molecule is CN1CCN([C@@]2(C(=O)O)CC(Nc3ccccc3)C(=O)N2)CC1. The molecule has 2 aliphatic heterocycles. The molecule has 2 saturated heterocycles. The molecule has 0 spiro atoms. The number of carbonyl (C=O) groups is 2. The minimum Gasteiger partial charge on any atom is -0.478 e. The van der Waals surface area contributed by atoms with Crippen molar-refractivity contribution in [2.24, 2.45) is 0 Å². The molecule has 124 valence electrons. The van der Waals surface area contributed by atoms with Crippen LogP contribution in [0.15, 0.2) is 30.3 Å². The van der Waals surface area contributed by atoms with Crippen molar-refractivity contribution in [2.45, 2.75) is 18.1 Å². The van der Waals surface area contributed by atoms with Gasteiger partial charge < -0.3 is 20.6 Å². The highest BCUT2D eigenvalue weighted by molar-refractivity contribution is 5.95. The number of para-hydroxylation sites is 1. The number of piperazine rings is 1. The second-order valence-electron chi connectivity index (χ2n) is 6.21. The van der Waals surface area contributed by atoms with Crippen LogP contribution in [0.1, 0.15) is 6.42 Å². The molecule has 1 amide bonds. The Balaban J connectivity index is 1.77. The topological polar surface area (TPSA) is 84.9 Å². The number of amides is 1. The standard InChI is InChI=1S/C16H22N4O3/c1-19-7-9-20(10-8-19)16(15(22)23)11-13(14(21)18-16)17-12-5-3-2-4-6-12/h2-6,13,17H,7-11H2,1H3,(H,18,21)(H,22,23)/t13?,16-/m1/s1. The summed E-state index contributed by atoms with van der Waals surface area (Å²) < 4.78 is 0. The number of carboxylic acids is 1. The second kappa shape index (κ2) is 6.17. The summed E-state index contributed by atoms with van der Waals surface area (Å²) in [7, 11) is 2.01. The predicted molar refractivity (Wildman–Crippen MR) is 86.0 cm³/mol. The van der Waals surface area contributed by atoms with Gasteiger partial charge in [0.05, 0.1) is 0 Å². The quantitative estimate of drug-likeness (QED) is 0.725. The number of rotatable bonds is 4. The molecule has 1 aromatic rings. The van der Waals surface area contributed by atoms with E-state index in [1.165, 1.54) is 0 Å². The van der Waals surface area contributed by atoms with E-state index in [0.29, 0.717) is 13.1 Å². The average molecular weight is 318 g/mol. The van der Waals surface area contributed by atoms with Crippen molar-refractivity contribution in [3.05, 3.63) is 30.3 Å². The summed E-state index contributed by atoms with van der Waals surface area (Å²) in [5.41, 5.74) is -0.502.